The van der Waals surface area contributed by atoms with E-state index in [0.717, 1.165) is 78.9 Å². The number of nitrogens with one attached hydrogen (secondary N) is 4. The number of carbonyl (C=O) groups is 4. The van der Waals surface area contributed by atoms with Crippen LogP contribution in [0.3, 0.4) is 0 Å². The van der Waals surface area contributed by atoms with E-state index in [9.17, 15) is 19.2 Å². The summed E-state index contributed by atoms with van der Waals surface area (Å²) < 4.78 is 11.9. The molecule has 14 nitrogen and oxygen atoms in total. The molecule has 0 aliphatic carbocycles. The van der Waals surface area contributed by atoms with E-state index in [-0.39, 0.29) is 35.7 Å². The quantitative estimate of drug-likeness (QED) is 0.0838. The lowest BCUT2D eigenvalue weighted by Gasteiger charge is -2.31. The van der Waals surface area contributed by atoms with Crippen molar-refractivity contribution >= 4 is 66.8 Å². The van der Waals surface area contributed by atoms with Crippen LogP contribution < -0.4 is 10.6 Å². The first-order valence-electron chi connectivity index (χ1n) is 20.7. The molecule has 6 aromatic rings. The first kappa shape index (κ1) is 43.4. The minimum Gasteiger partial charge on any atom is -0.453 e. The lowest BCUT2D eigenvalue weighted by Crippen LogP contribution is -2.51. The number of likely N-dealkylation sites (tertiary alicyclic amines) is 1. The molecule has 4 unspecified atom stereocenters. The number of imidazole rings is 2. The van der Waals surface area contributed by atoms with E-state index >= 15 is 0 Å². The number of aromatic nitrogens is 4. The minimum absolute atomic E-state index is 0.118. The first-order valence-corrected chi connectivity index (χ1v) is 22.5. The normalized spacial score (nSPS) is 15.6. The van der Waals surface area contributed by atoms with Gasteiger partial charge in [-0.3, -0.25) is 9.59 Å². The molecule has 61 heavy (non-hydrogen) atoms. The van der Waals surface area contributed by atoms with Gasteiger partial charge in [-0.15, -0.1) is 22.7 Å². The predicted molar refractivity (Wildman–Crippen MR) is 240 cm³/mol. The van der Waals surface area contributed by atoms with E-state index in [1.54, 1.807) is 34.6 Å². The van der Waals surface area contributed by atoms with Crippen molar-refractivity contribution in [3.63, 3.8) is 0 Å². The van der Waals surface area contributed by atoms with Crippen molar-refractivity contribution in [2.75, 3.05) is 27.8 Å². The summed E-state index contributed by atoms with van der Waals surface area (Å²) in [6, 6.07) is 10.9. The average molecular weight is 867 g/mol. The zero-order valence-corrected chi connectivity index (χ0v) is 37.5. The van der Waals surface area contributed by atoms with Crippen LogP contribution in [-0.2, 0) is 19.1 Å². The number of amides is 4. The highest BCUT2D eigenvalue weighted by atomic mass is 32.1. The number of thiophene rings is 2. The summed E-state index contributed by atoms with van der Waals surface area (Å²) >= 11 is 3.37. The van der Waals surface area contributed by atoms with Gasteiger partial charge >= 0.3 is 12.2 Å². The Morgan fingerprint density at radius 1 is 0.803 bits per heavy atom. The molecule has 4 N–H and O–H groups in total. The molecule has 0 radical (unpaired) electrons. The Kier molecular flexibility index (Phi) is 13.1. The standard InChI is InChI=1S/C45H54N8O6S2/c1-9-11-34(52(6)42(54)36(24(2)3)50-44(56)58-7)40-46-22-32(48-40)27-14-15-28(38-30(27)18-21-60-38)26-13-16-31(39-29(26)17-20-61-39)33-23-47-41(49-33)35-12-10-19-53(35)43(55)37(25(4)5)51-45(57)59-8/h13-18,20-25,34-37H,9-12,19H2,1-8H3,(H,46,48)(H,47,49)(H,50,56)(H,51,57). The monoisotopic (exact) mass is 866 g/mol. The largest absolute Gasteiger partial charge is 0.453 e. The second-order valence-corrected chi connectivity index (χ2v) is 18.0. The van der Waals surface area contributed by atoms with Gasteiger partial charge in [-0.05, 0) is 59.6 Å². The van der Waals surface area contributed by atoms with Crippen LogP contribution >= 0.6 is 22.7 Å². The molecule has 0 spiro atoms. The Morgan fingerprint density at radius 2 is 1.38 bits per heavy atom. The number of aromatic amines is 2. The highest BCUT2D eigenvalue weighted by Gasteiger charge is 2.38. The summed E-state index contributed by atoms with van der Waals surface area (Å²) in [5, 5.41) is 11.9. The van der Waals surface area contributed by atoms with Crippen LogP contribution in [0.25, 0.3) is 53.8 Å². The Balaban J connectivity index is 1.15. The molecule has 4 amide bonds. The number of nitrogens with zero attached hydrogens (tertiary/aromatic N) is 4. The van der Waals surface area contributed by atoms with Crippen LogP contribution in [0.4, 0.5) is 9.59 Å². The molecule has 1 fully saturated rings. The highest BCUT2D eigenvalue weighted by molar-refractivity contribution is 7.18. The first-order chi connectivity index (χ1) is 29.4. The summed E-state index contributed by atoms with van der Waals surface area (Å²) in [4.78, 5) is 71.8. The molecule has 4 aromatic heterocycles. The van der Waals surface area contributed by atoms with Crippen molar-refractivity contribution < 1.29 is 28.7 Å². The number of carbonyl (C=O) groups excluding carboxylic acids is 4. The second kappa shape index (κ2) is 18.5. The molecule has 322 valence electrons. The highest BCUT2D eigenvalue weighted by Crippen LogP contribution is 2.44. The maximum Gasteiger partial charge on any atom is 0.407 e. The minimum atomic E-state index is -0.744. The van der Waals surface area contributed by atoms with Gasteiger partial charge in [0.05, 0.1) is 50.1 Å². The molecular formula is C45H54N8O6S2. The van der Waals surface area contributed by atoms with Crippen molar-refractivity contribution in [2.45, 2.75) is 84.5 Å². The van der Waals surface area contributed by atoms with Crippen molar-refractivity contribution in [2.24, 2.45) is 11.8 Å². The Hall–Kier alpha value is -5.74. The molecule has 7 rings (SSSR count). The van der Waals surface area contributed by atoms with Gasteiger partial charge in [-0.2, -0.15) is 0 Å². The molecule has 5 heterocycles. The number of rotatable bonds is 14. The van der Waals surface area contributed by atoms with Gasteiger partial charge in [-0.1, -0.05) is 65.3 Å². The van der Waals surface area contributed by atoms with Crippen molar-refractivity contribution in [3.05, 3.63) is 71.2 Å². The van der Waals surface area contributed by atoms with Crippen LogP contribution in [0.1, 0.15) is 84.0 Å². The van der Waals surface area contributed by atoms with Crippen molar-refractivity contribution in [1.82, 2.24) is 40.4 Å². The number of benzene rings is 2. The third-order valence-electron chi connectivity index (χ3n) is 11.6. The van der Waals surface area contributed by atoms with E-state index in [4.69, 9.17) is 19.4 Å². The van der Waals surface area contributed by atoms with E-state index in [1.807, 2.05) is 45.0 Å². The summed E-state index contributed by atoms with van der Waals surface area (Å²) in [5.41, 5.74) is 6.03. The number of ether oxygens (including phenoxy) is 2. The van der Waals surface area contributed by atoms with Crippen molar-refractivity contribution in [1.29, 1.82) is 0 Å². The summed E-state index contributed by atoms with van der Waals surface area (Å²) in [5.74, 6) is 0.791. The fourth-order valence-electron chi connectivity index (χ4n) is 8.36. The number of alkyl carbamates (subject to hydrolysis) is 2. The third-order valence-corrected chi connectivity index (χ3v) is 13.5. The van der Waals surface area contributed by atoms with Crippen LogP contribution in [0, 0.1) is 11.8 Å². The van der Waals surface area contributed by atoms with Crippen LogP contribution in [-0.4, -0.2) is 93.6 Å². The fraction of sp³-hybridized carbons (Fsp3) is 0.422. The number of likely N-dealkylation sites (N-methyl/N-ethyl adjacent to an activating group) is 1. The molecule has 0 bridgehead atoms. The van der Waals surface area contributed by atoms with Gasteiger partial charge in [0.1, 0.15) is 23.7 Å². The average Bonchev–Trinajstić information content (AvgIpc) is 4.11. The van der Waals surface area contributed by atoms with Crippen LogP contribution in [0.5, 0.6) is 0 Å². The van der Waals surface area contributed by atoms with Gasteiger partial charge < -0.3 is 39.9 Å². The maximum absolute atomic E-state index is 13.7. The molecule has 2 aromatic carbocycles. The lowest BCUT2D eigenvalue weighted by atomic mass is 9.96. The zero-order valence-electron chi connectivity index (χ0n) is 35.8. The van der Waals surface area contributed by atoms with Crippen LogP contribution in [0.2, 0.25) is 0 Å². The molecule has 1 aliphatic rings. The molecule has 16 heteroatoms. The fourth-order valence-corrected chi connectivity index (χ4v) is 10.3. The predicted octanol–water partition coefficient (Wildman–Crippen LogP) is 9.29. The SMILES string of the molecule is CCCC(c1ncc(-c2ccc(-c3ccc(-c4cnc(C5CCCN5C(=O)C(NC(=O)OC)C(C)C)[nH]4)c4sccc34)c3sccc23)[nH]1)N(C)C(=O)C(NC(=O)OC)C(C)C. The molecular weight excluding hydrogens is 813 g/mol. The second-order valence-electron chi connectivity index (χ2n) is 16.2. The van der Waals surface area contributed by atoms with Gasteiger partial charge in [0.2, 0.25) is 11.8 Å². The lowest BCUT2D eigenvalue weighted by molar-refractivity contribution is -0.136. The summed E-state index contributed by atoms with van der Waals surface area (Å²) in [6.45, 7) is 10.3. The number of hydrogen-bond acceptors (Lipinski definition) is 10. The number of fused-ring (bicyclic) bond motifs is 2. The molecule has 0 saturated carbocycles. The third kappa shape index (κ3) is 8.60. The number of H-pyrrole nitrogens is 2. The van der Waals surface area contributed by atoms with Crippen LogP contribution in [0.15, 0.2) is 59.6 Å². The number of hydrogen-bond donors (Lipinski definition) is 4. The molecule has 1 aliphatic heterocycles. The van der Waals surface area contributed by atoms with E-state index in [2.05, 4.69) is 74.7 Å². The zero-order chi connectivity index (χ0) is 43.5. The van der Waals surface area contributed by atoms with Gasteiger partial charge in [0.15, 0.2) is 0 Å². The Bertz CT molecular complexity index is 2540. The van der Waals surface area contributed by atoms with E-state index in [1.165, 1.54) is 14.2 Å². The summed E-state index contributed by atoms with van der Waals surface area (Å²) in [7, 11) is 4.34. The summed E-state index contributed by atoms with van der Waals surface area (Å²) in [6.07, 6.45) is 5.53. The smallest absolute Gasteiger partial charge is 0.407 e. The Labute approximate surface area is 363 Å². The number of methoxy groups -OCH3 is 2. The van der Waals surface area contributed by atoms with Gasteiger partial charge in [-0.25, -0.2) is 19.6 Å². The molecule has 1 saturated heterocycles. The van der Waals surface area contributed by atoms with Gasteiger partial charge in [0, 0.05) is 50.5 Å². The van der Waals surface area contributed by atoms with Crippen molar-refractivity contribution in [3.8, 4) is 33.6 Å². The van der Waals surface area contributed by atoms with E-state index < -0.39 is 24.3 Å². The Morgan fingerprint density at radius 3 is 2.03 bits per heavy atom. The maximum atomic E-state index is 13.7. The molecule has 4 atom stereocenters. The topological polar surface area (TPSA) is 175 Å². The van der Waals surface area contributed by atoms with E-state index in [0.29, 0.717) is 18.8 Å². The van der Waals surface area contributed by atoms with Gasteiger partial charge in [0.25, 0.3) is 0 Å².